The fourth-order valence-corrected chi connectivity index (χ4v) is 2.90. The number of nitrogens with one attached hydrogen (secondary N) is 1. The molecule has 1 aromatic rings. The molecule has 0 radical (unpaired) electrons. The van der Waals surface area contributed by atoms with Gasteiger partial charge in [0, 0.05) is 12.6 Å². The van der Waals surface area contributed by atoms with Crippen molar-refractivity contribution >= 4 is 0 Å². The number of ether oxygens (including phenoxy) is 1. The lowest BCUT2D eigenvalue weighted by Crippen LogP contribution is -2.39. The average Bonchev–Trinajstić information content (AvgIpc) is 2.40. The topological polar surface area (TPSA) is 21.3 Å². The third kappa shape index (κ3) is 3.76. The molecule has 0 fully saturated rings. The summed E-state index contributed by atoms with van der Waals surface area (Å²) in [6, 6.07) is 8.71. The molecule has 0 saturated carbocycles. The molecule has 1 aromatic carbocycles. The lowest BCUT2D eigenvalue weighted by Gasteiger charge is -2.40. The maximum absolute atomic E-state index is 12.0. The molecule has 2 rings (SSSR count). The first kappa shape index (κ1) is 15.4. The van der Waals surface area contributed by atoms with Crippen LogP contribution in [0.2, 0.25) is 0 Å². The van der Waals surface area contributed by atoms with Gasteiger partial charge < -0.3 is 10.1 Å². The van der Waals surface area contributed by atoms with Gasteiger partial charge in [0.05, 0.1) is 6.61 Å². The lowest BCUT2D eigenvalue weighted by atomic mass is 9.70. The van der Waals surface area contributed by atoms with E-state index in [1.54, 1.807) is 0 Å². The zero-order valence-electron chi connectivity index (χ0n) is 12.2. The Morgan fingerprint density at radius 3 is 2.85 bits per heavy atom. The van der Waals surface area contributed by atoms with Gasteiger partial charge in [0.2, 0.25) is 0 Å². The SMILES string of the molecule is CC1(C)CCc2ccccc2C1NCCOCC(F)F. The normalized spacial score (nSPS) is 20.9. The summed E-state index contributed by atoms with van der Waals surface area (Å²) in [4.78, 5) is 0. The largest absolute Gasteiger partial charge is 0.374 e. The summed E-state index contributed by atoms with van der Waals surface area (Å²) in [5.41, 5.74) is 2.88. The Labute approximate surface area is 119 Å². The van der Waals surface area contributed by atoms with Gasteiger partial charge in [-0.3, -0.25) is 0 Å². The summed E-state index contributed by atoms with van der Waals surface area (Å²) < 4.78 is 28.9. The van der Waals surface area contributed by atoms with Gasteiger partial charge in [-0.05, 0) is 29.4 Å². The van der Waals surface area contributed by atoms with Crippen LogP contribution < -0.4 is 5.32 Å². The zero-order chi connectivity index (χ0) is 14.6. The molecule has 0 saturated heterocycles. The molecule has 1 N–H and O–H groups in total. The number of halogens is 2. The third-order valence-electron chi connectivity index (χ3n) is 4.02. The first-order chi connectivity index (χ1) is 9.50. The monoisotopic (exact) mass is 283 g/mol. The summed E-state index contributed by atoms with van der Waals surface area (Å²) in [6.45, 7) is 4.93. The number of benzene rings is 1. The molecule has 112 valence electrons. The van der Waals surface area contributed by atoms with Crippen LogP contribution in [0, 0.1) is 5.41 Å². The van der Waals surface area contributed by atoms with Gasteiger partial charge in [-0.2, -0.15) is 0 Å². The van der Waals surface area contributed by atoms with Crippen molar-refractivity contribution in [2.75, 3.05) is 19.8 Å². The van der Waals surface area contributed by atoms with Crippen LogP contribution >= 0.6 is 0 Å². The van der Waals surface area contributed by atoms with Crippen LogP contribution in [0.4, 0.5) is 8.78 Å². The minimum atomic E-state index is -2.39. The Balaban J connectivity index is 1.94. The van der Waals surface area contributed by atoms with Crippen LogP contribution in [0.25, 0.3) is 0 Å². The van der Waals surface area contributed by atoms with E-state index < -0.39 is 13.0 Å². The van der Waals surface area contributed by atoms with Crippen LogP contribution in [0.3, 0.4) is 0 Å². The van der Waals surface area contributed by atoms with Gasteiger partial charge in [-0.15, -0.1) is 0 Å². The first-order valence-electron chi connectivity index (χ1n) is 7.18. The maximum Gasteiger partial charge on any atom is 0.261 e. The number of hydrogen-bond donors (Lipinski definition) is 1. The van der Waals surface area contributed by atoms with Crippen molar-refractivity contribution < 1.29 is 13.5 Å². The molecule has 0 aromatic heterocycles. The molecule has 1 unspecified atom stereocenters. The average molecular weight is 283 g/mol. The van der Waals surface area contributed by atoms with Crippen LogP contribution in [0.15, 0.2) is 24.3 Å². The van der Waals surface area contributed by atoms with Crippen molar-refractivity contribution in [2.45, 2.75) is 39.2 Å². The predicted molar refractivity (Wildman–Crippen MR) is 76.1 cm³/mol. The van der Waals surface area contributed by atoms with Gasteiger partial charge in [-0.25, -0.2) is 8.78 Å². The molecular formula is C16H23F2NO. The Hall–Kier alpha value is -1.00. The molecule has 0 amide bonds. The number of fused-ring (bicyclic) bond motifs is 1. The summed E-state index contributed by atoms with van der Waals surface area (Å²) in [6.07, 6.45) is -0.162. The Morgan fingerprint density at radius 1 is 1.35 bits per heavy atom. The minimum Gasteiger partial charge on any atom is -0.374 e. The molecule has 0 heterocycles. The fraction of sp³-hybridized carbons (Fsp3) is 0.625. The second kappa shape index (κ2) is 6.64. The number of hydrogen-bond acceptors (Lipinski definition) is 2. The minimum absolute atomic E-state index is 0.164. The van der Waals surface area contributed by atoms with Crippen LogP contribution in [0.5, 0.6) is 0 Å². The highest BCUT2D eigenvalue weighted by Crippen LogP contribution is 2.43. The highest BCUT2D eigenvalue weighted by molar-refractivity contribution is 5.34. The van der Waals surface area contributed by atoms with E-state index in [4.69, 9.17) is 4.74 Å². The van der Waals surface area contributed by atoms with Gasteiger partial charge in [0.1, 0.15) is 6.61 Å². The Bertz CT molecular complexity index is 434. The van der Waals surface area contributed by atoms with E-state index in [9.17, 15) is 8.78 Å². The lowest BCUT2D eigenvalue weighted by molar-refractivity contribution is 0.0168. The van der Waals surface area contributed by atoms with Crippen molar-refractivity contribution in [1.82, 2.24) is 5.32 Å². The smallest absolute Gasteiger partial charge is 0.261 e. The Kier molecular flexibility index (Phi) is 5.11. The molecule has 4 heteroatoms. The number of aryl methyl sites for hydroxylation is 1. The van der Waals surface area contributed by atoms with E-state index in [1.807, 2.05) is 0 Å². The number of rotatable bonds is 6. The summed E-state index contributed by atoms with van der Waals surface area (Å²) >= 11 is 0. The van der Waals surface area contributed by atoms with Gasteiger partial charge >= 0.3 is 0 Å². The molecule has 0 spiro atoms. The van der Waals surface area contributed by atoms with Gasteiger partial charge in [-0.1, -0.05) is 38.1 Å². The van der Waals surface area contributed by atoms with E-state index >= 15 is 0 Å². The van der Waals surface area contributed by atoms with Crippen molar-refractivity contribution in [3.8, 4) is 0 Å². The summed E-state index contributed by atoms with van der Waals surface area (Å²) in [5, 5.41) is 3.47. The second-order valence-corrected chi connectivity index (χ2v) is 6.04. The zero-order valence-corrected chi connectivity index (χ0v) is 12.2. The first-order valence-corrected chi connectivity index (χ1v) is 7.18. The van der Waals surface area contributed by atoms with E-state index in [0.29, 0.717) is 13.2 Å². The standard InChI is InChI=1S/C16H23F2NO/c1-16(2)8-7-12-5-3-4-6-13(12)15(16)19-9-10-20-11-14(17)18/h3-6,14-15,19H,7-11H2,1-2H3. The van der Waals surface area contributed by atoms with Crippen molar-refractivity contribution in [3.63, 3.8) is 0 Å². The Morgan fingerprint density at radius 2 is 2.10 bits per heavy atom. The van der Waals surface area contributed by atoms with Crippen molar-refractivity contribution in [2.24, 2.45) is 5.41 Å². The van der Waals surface area contributed by atoms with E-state index in [1.165, 1.54) is 11.1 Å². The molecule has 1 aliphatic carbocycles. The molecule has 1 aliphatic rings. The molecule has 0 aliphatic heterocycles. The molecule has 0 bridgehead atoms. The summed E-state index contributed by atoms with van der Waals surface area (Å²) in [5.74, 6) is 0. The van der Waals surface area contributed by atoms with Crippen molar-refractivity contribution in [3.05, 3.63) is 35.4 Å². The quantitative estimate of drug-likeness (QED) is 0.806. The highest BCUT2D eigenvalue weighted by Gasteiger charge is 2.35. The van der Waals surface area contributed by atoms with E-state index in [2.05, 4.69) is 43.4 Å². The highest BCUT2D eigenvalue weighted by atomic mass is 19.3. The molecular weight excluding hydrogens is 260 g/mol. The second-order valence-electron chi connectivity index (χ2n) is 6.04. The molecule has 2 nitrogen and oxygen atoms in total. The maximum atomic E-state index is 12.0. The van der Waals surface area contributed by atoms with E-state index in [-0.39, 0.29) is 11.5 Å². The third-order valence-corrected chi connectivity index (χ3v) is 4.02. The molecule has 1 atom stereocenters. The van der Waals surface area contributed by atoms with Gasteiger partial charge in [0.25, 0.3) is 6.43 Å². The fourth-order valence-electron chi connectivity index (χ4n) is 2.90. The van der Waals surface area contributed by atoms with Crippen LogP contribution in [-0.4, -0.2) is 26.2 Å². The van der Waals surface area contributed by atoms with Crippen LogP contribution in [0.1, 0.15) is 37.4 Å². The summed E-state index contributed by atoms with van der Waals surface area (Å²) in [7, 11) is 0. The number of alkyl halides is 2. The molecule has 20 heavy (non-hydrogen) atoms. The van der Waals surface area contributed by atoms with Gasteiger partial charge in [0.15, 0.2) is 0 Å². The van der Waals surface area contributed by atoms with Crippen LogP contribution in [-0.2, 0) is 11.2 Å². The van der Waals surface area contributed by atoms with E-state index in [0.717, 1.165) is 12.8 Å². The van der Waals surface area contributed by atoms with Crippen molar-refractivity contribution in [1.29, 1.82) is 0 Å². The predicted octanol–water partition coefficient (Wildman–Crippen LogP) is 3.57.